The molecule has 0 amide bonds. The van der Waals surface area contributed by atoms with Gasteiger partial charge < -0.3 is 10.1 Å². The molecule has 0 fully saturated rings. The van der Waals surface area contributed by atoms with Crippen molar-refractivity contribution in [1.82, 2.24) is 5.32 Å². The van der Waals surface area contributed by atoms with Crippen LogP contribution in [0.4, 0.5) is 4.39 Å². The Hall–Kier alpha value is -0.640. The van der Waals surface area contributed by atoms with Gasteiger partial charge in [-0.05, 0) is 44.5 Å². The molecule has 1 rings (SSSR count). The molecule has 0 saturated carbocycles. The molecule has 0 aromatic heterocycles. The van der Waals surface area contributed by atoms with E-state index in [1.165, 1.54) is 12.1 Å². The maximum absolute atomic E-state index is 13.0. The number of ether oxygens (including phenoxy) is 1. The first-order chi connectivity index (χ1) is 8.62. The molecule has 0 spiro atoms. The summed E-state index contributed by atoms with van der Waals surface area (Å²) in [5.74, 6) is -0.304. The maximum atomic E-state index is 13.0. The van der Waals surface area contributed by atoms with Crippen LogP contribution in [0.15, 0.2) is 18.2 Å². The SMILES string of the molecule is CCOC(CC)C(Cc1ccc(F)cc1Cl)NC. The molecule has 4 heteroatoms. The lowest BCUT2D eigenvalue weighted by Gasteiger charge is -2.26. The van der Waals surface area contributed by atoms with E-state index in [4.69, 9.17) is 16.3 Å². The molecule has 0 heterocycles. The molecule has 1 aromatic rings. The Morgan fingerprint density at radius 2 is 2.11 bits per heavy atom. The van der Waals surface area contributed by atoms with Crippen LogP contribution in [-0.4, -0.2) is 25.8 Å². The van der Waals surface area contributed by atoms with Crippen molar-refractivity contribution >= 4 is 11.6 Å². The normalized spacial score (nSPS) is 14.5. The minimum Gasteiger partial charge on any atom is -0.377 e. The van der Waals surface area contributed by atoms with Crippen LogP contribution in [0.1, 0.15) is 25.8 Å². The summed E-state index contributed by atoms with van der Waals surface area (Å²) in [5.41, 5.74) is 0.940. The molecule has 0 saturated heterocycles. The number of hydrogen-bond acceptors (Lipinski definition) is 2. The van der Waals surface area contributed by atoms with E-state index < -0.39 is 0 Å². The predicted molar refractivity (Wildman–Crippen MR) is 73.7 cm³/mol. The zero-order valence-electron chi connectivity index (χ0n) is 11.2. The van der Waals surface area contributed by atoms with E-state index in [-0.39, 0.29) is 18.0 Å². The lowest BCUT2D eigenvalue weighted by molar-refractivity contribution is 0.0339. The largest absolute Gasteiger partial charge is 0.377 e. The van der Waals surface area contributed by atoms with Crippen molar-refractivity contribution in [3.63, 3.8) is 0 Å². The van der Waals surface area contributed by atoms with Gasteiger partial charge in [0.05, 0.1) is 6.10 Å². The highest BCUT2D eigenvalue weighted by Gasteiger charge is 2.20. The van der Waals surface area contributed by atoms with Crippen molar-refractivity contribution in [2.24, 2.45) is 0 Å². The van der Waals surface area contributed by atoms with Crippen molar-refractivity contribution in [2.75, 3.05) is 13.7 Å². The summed E-state index contributed by atoms with van der Waals surface area (Å²) in [5, 5.41) is 3.72. The highest BCUT2D eigenvalue weighted by molar-refractivity contribution is 6.31. The summed E-state index contributed by atoms with van der Waals surface area (Å²) in [4.78, 5) is 0. The van der Waals surface area contributed by atoms with E-state index in [2.05, 4.69) is 12.2 Å². The summed E-state index contributed by atoms with van der Waals surface area (Å²) in [7, 11) is 1.91. The Labute approximate surface area is 113 Å². The molecule has 2 unspecified atom stereocenters. The summed E-state index contributed by atoms with van der Waals surface area (Å²) < 4.78 is 18.7. The summed E-state index contributed by atoms with van der Waals surface area (Å²) in [6, 6.07) is 4.71. The number of benzene rings is 1. The van der Waals surface area contributed by atoms with Gasteiger partial charge in [0.15, 0.2) is 0 Å². The van der Waals surface area contributed by atoms with E-state index in [1.807, 2.05) is 14.0 Å². The van der Waals surface area contributed by atoms with Crippen LogP contribution in [0.3, 0.4) is 0 Å². The molecule has 102 valence electrons. The second kappa shape index (κ2) is 7.72. The van der Waals surface area contributed by atoms with Gasteiger partial charge in [-0.15, -0.1) is 0 Å². The zero-order chi connectivity index (χ0) is 13.5. The highest BCUT2D eigenvalue weighted by Crippen LogP contribution is 2.20. The van der Waals surface area contributed by atoms with Gasteiger partial charge in [0.2, 0.25) is 0 Å². The number of hydrogen-bond donors (Lipinski definition) is 1. The van der Waals surface area contributed by atoms with Crippen LogP contribution in [0.5, 0.6) is 0 Å². The van der Waals surface area contributed by atoms with E-state index >= 15 is 0 Å². The summed E-state index contributed by atoms with van der Waals surface area (Å²) in [6.45, 7) is 4.77. The fourth-order valence-corrected chi connectivity index (χ4v) is 2.32. The van der Waals surface area contributed by atoms with E-state index in [0.29, 0.717) is 11.6 Å². The summed E-state index contributed by atoms with van der Waals surface area (Å²) in [6.07, 6.45) is 1.80. The molecule has 0 aliphatic heterocycles. The van der Waals surface area contributed by atoms with Crippen LogP contribution < -0.4 is 5.32 Å². The summed E-state index contributed by atoms with van der Waals surface area (Å²) >= 11 is 6.05. The van der Waals surface area contributed by atoms with Crippen LogP contribution in [-0.2, 0) is 11.2 Å². The molecular formula is C14H21ClFNO. The quantitative estimate of drug-likeness (QED) is 0.822. The lowest BCUT2D eigenvalue weighted by Crippen LogP contribution is -2.40. The third-order valence-electron chi connectivity index (χ3n) is 3.06. The third kappa shape index (κ3) is 4.23. The Morgan fingerprint density at radius 1 is 1.39 bits per heavy atom. The Bertz CT molecular complexity index is 373. The van der Waals surface area contributed by atoms with Gasteiger partial charge in [-0.2, -0.15) is 0 Å². The zero-order valence-corrected chi connectivity index (χ0v) is 11.9. The number of halogens is 2. The smallest absolute Gasteiger partial charge is 0.124 e. The first-order valence-electron chi connectivity index (χ1n) is 6.35. The maximum Gasteiger partial charge on any atom is 0.124 e. The fraction of sp³-hybridized carbons (Fsp3) is 0.571. The van der Waals surface area contributed by atoms with Crippen molar-refractivity contribution in [3.8, 4) is 0 Å². The average molecular weight is 274 g/mol. The van der Waals surface area contributed by atoms with E-state index in [1.54, 1.807) is 6.07 Å². The molecule has 0 aliphatic carbocycles. The molecule has 1 N–H and O–H groups in total. The lowest BCUT2D eigenvalue weighted by atomic mass is 9.99. The van der Waals surface area contributed by atoms with Crippen molar-refractivity contribution in [2.45, 2.75) is 38.8 Å². The second-order valence-corrected chi connectivity index (χ2v) is 4.64. The van der Waals surface area contributed by atoms with Crippen LogP contribution >= 0.6 is 11.6 Å². The molecule has 2 atom stereocenters. The topological polar surface area (TPSA) is 21.3 Å². The molecule has 1 aromatic carbocycles. The van der Waals surface area contributed by atoms with Gasteiger partial charge >= 0.3 is 0 Å². The Kier molecular flexibility index (Phi) is 6.61. The minimum absolute atomic E-state index is 0.140. The first-order valence-corrected chi connectivity index (χ1v) is 6.72. The van der Waals surface area contributed by atoms with Gasteiger partial charge in [-0.25, -0.2) is 4.39 Å². The standard InChI is InChI=1S/C14H21ClFNO/c1-4-14(18-5-2)13(17-3)8-10-6-7-11(16)9-12(10)15/h6-7,9,13-14,17H,4-5,8H2,1-3H3. The second-order valence-electron chi connectivity index (χ2n) is 4.24. The van der Waals surface area contributed by atoms with Crippen LogP contribution in [0, 0.1) is 5.82 Å². The first kappa shape index (κ1) is 15.4. The highest BCUT2D eigenvalue weighted by atomic mass is 35.5. The van der Waals surface area contributed by atoms with E-state index in [0.717, 1.165) is 18.4 Å². The van der Waals surface area contributed by atoms with Gasteiger partial charge in [-0.3, -0.25) is 0 Å². The number of rotatable bonds is 7. The molecule has 0 bridgehead atoms. The van der Waals surface area contributed by atoms with Crippen molar-refractivity contribution in [1.29, 1.82) is 0 Å². The van der Waals surface area contributed by atoms with Gasteiger partial charge in [0.1, 0.15) is 5.82 Å². The average Bonchev–Trinajstić information content (AvgIpc) is 2.36. The van der Waals surface area contributed by atoms with Gasteiger partial charge in [0, 0.05) is 17.7 Å². The van der Waals surface area contributed by atoms with Gasteiger partial charge in [-0.1, -0.05) is 24.6 Å². The predicted octanol–water partition coefficient (Wildman–Crippen LogP) is 3.42. The minimum atomic E-state index is -0.304. The molecule has 2 nitrogen and oxygen atoms in total. The molecule has 0 aliphatic rings. The van der Waals surface area contributed by atoms with E-state index in [9.17, 15) is 4.39 Å². The molecular weight excluding hydrogens is 253 g/mol. The number of likely N-dealkylation sites (N-methyl/N-ethyl adjacent to an activating group) is 1. The van der Waals surface area contributed by atoms with Gasteiger partial charge in [0.25, 0.3) is 0 Å². The Morgan fingerprint density at radius 3 is 2.61 bits per heavy atom. The molecule has 0 radical (unpaired) electrons. The monoisotopic (exact) mass is 273 g/mol. The third-order valence-corrected chi connectivity index (χ3v) is 3.41. The van der Waals surface area contributed by atoms with Crippen molar-refractivity contribution < 1.29 is 9.13 Å². The van der Waals surface area contributed by atoms with Crippen molar-refractivity contribution in [3.05, 3.63) is 34.6 Å². The Balaban J connectivity index is 2.78. The van der Waals surface area contributed by atoms with Crippen LogP contribution in [0.2, 0.25) is 5.02 Å². The number of nitrogens with one attached hydrogen (secondary N) is 1. The fourth-order valence-electron chi connectivity index (χ4n) is 2.08. The van der Waals surface area contributed by atoms with Crippen LogP contribution in [0.25, 0.3) is 0 Å². The molecule has 18 heavy (non-hydrogen) atoms.